The van der Waals surface area contributed by atoms with Gasteiger partial charge in [-0.3, -0.25) is 0 Å². The van der Waals surface area contributed by atoms with Crippen molar-refractivity contribution in [3.8, 4) is 0 Å². The van der Waals surface area contributed by atoms with Gasteiger partial charge in [0, 0.05) is 25.6 Å². The Labute approximate surface area is 264 Å². The third-order valence-corrected chi connectivity index (χ3v) is 13.0. The molecule has 11 atom stereocenters. The molecule has 0 spiro atoms. The van der Waals surface area contributed by atoms with Crippen molar-refractivity contribution in [1.82, 2.24) is 4.90 Å². The lowest BCUT2D eigenvalue weighted by Crippen LogP contribution is -2.45. The molecule has 0 radical (unpaired) electrons. The Hall–Kier alpha value is -0.470. The SMILES string of the molecule is CCCCCC1CC(C2CC(C(O)CCCC3CCC(CN4CCC(O)CC4)C(C(F)(F)F)C3)CCC2C)C(C(F)F)C1C. The summed E-state index contributed by atoms with van der Waals surface area (Å²) < 4.78 is 71.2. The molecule has 3 aliphatic carbocycles. The molecule has 0 bridgehead atoms. The highest BCUT2D eigenvalue weighted by molar-refractivity contribution is 4.97. The van der Waals surface area contributed by atoms with E-state index in [1.54, 1.807) is 0 Å². The molecule has 0 amide bonds. The van der Waals surface area contributed by atoms with E-state index in [-0.39, 0.29) is 48.0 Å². The second kappa shape index (κ2) is 16.6. The van der Waals surface area contributed by atoms with E-state index in [0.717, 1.165) is 64.2 Å². The monoisotopic (exact) mass is 635 g/mol. The summed E-state index contributed by atoms with van der Waals surface area (Å²) in [5.41, 5.74) is 0. The molecule has 1 heterocycles. The third-order valence-electron chi connectivity index (χ3n) is 13.0. The number of likely N-dealkylation sites (tertiary alicyclic amines) is 1. The van der Waals surface area contributed by atoms with Gasteiger partial charge in [-0.05, 0) is 98.7 Å². The van der Waals surface area contributed by atoms with E-state index in [0.29, 0.717) is 63.6 Å². The largest absolute Gasteiger partial charge is 0.393 e. The first-order valence-electron chi connectivity index (χ1n) is 18.3. The van der Waals surface area contributed by atoms with Crippen molar-refractivity contribution in [3.05, 3.63) is 0 Å². The van der Waals surface area contributed by atoms with Crippen molar-refractivity contribution in [2.24, 2.45) is 59.2 Å². The van der Waals surface area contributed by atoms with E-state index in [1.807, 2.05) is 6.92 Å². The predicted octanol–water partition coefficient (Wildman–Crippen LogP) is 9.36. The highest BCUT2D eigenvalue weighted by Crippen LogP contribution is 2.54. The number of rotatable bonds is 13. The molecule has 4 rings (SSSR count). The van der Waals surface area contributed by atoms with Crippen LogP contribution in [0.5, 0.6) is 0 Å². The molecule has 4 aliphatic rings. The standard InChI is InChI=1S/C36H62F5NO2/c1-4-5-6-9-26-20-31(34(24(26)3)35(37)38)30-21-27(13-11-23(30)2)33(44)10-7-8-25-12-14-28(32(19-25)36(39,40)41)22-42-17-15-29(43)16-18-42/h23-35,43-44H,4-22H2,1-3H3. The van der Waals surface area contributed by atoms with Crippen LogP contribution in [0.2, 0.25) is 0 Å². The highest BCUT2D eigenvalue weighted by atomic mass is 19.4. The van der Waals surface area contributed by atoms with Crippen LogP contribution in [-0.4, -0.2) is 59.6 Å². The number of piperidine rings is 1. The van der Waals surface area contributed by atoms with Crippen LogP contribution in [0.15, 0.2) is 0 Å². The van der Waals surface area contributed by atoms with Crippen molar-refractivity contribution in [2.75, 3.05) is 19.6 Å². The second-order valence-electron chi connectivity index (χ2n) is 15.8. The summed E-state index contributed by atoms with van der Waals surface area (Å²) in [5.74, 6) is -1.05. The van der Waals surface area contributed by atoms with Gasteiger partial charge in [-0.15, -0.1) is 0 Å². The molecule has 8 heteroatoms. The lowest BCUT2D eigenvalue weighted by Gasteiger charge is -2.42. The summed E-state index contributed by atoms with van der Waals surface area (Å²) in [5, 5.41) is 21.0. The summed E-state index contributed by atoms with van der Waals surface area (Å²) in [7, 11) is 0. The van der Waals surface area contributed by atoms with Gasteiger partial charge >= 0.3 is 6.18 Å². The maximum absolute atomic E-state index is 14.4. The minimum absolute atomic E-state index is 0.0196. The van der Waals surface area contributed by atoms with Crippen molar-refractivity contribution < 1.29 is 32.2 Å². The van der Waals surface area contributed by atoms with Gasteiger partial charge in [-0.2, -0.15) is 13.2 Å². The Morgan fingerprint density at radius 1 is 0.818 bits per heavy atom. The Morgan fingerprint density at radius 2 is 1.55 bits per heavy atom. The number of aliphatic hydroxyl groups is 2. The minimum Gasteiger partial charge on any atom is -0.393 e. The topological polar surface area (TPSA) is 43.7 Å². The molecule has 0 aromatic rings. The fraction of sp³-hybridized carbons (Fsp3) is 1.00. The molecule has 2 N–H and O–H groups in total. The number of hydrogen-bond donors (Lipinski definition) is 2. The number of halogens is 5. The Kier molecular flexibility index (Phi) is 13.7. The van der Waals surface area contributed by atoms with E-state index in [1.165, 1.54) is 0 Å². The first-order chi connectivity index (χ1) is 20.9. The van der Waals surface area contributed by atoms with Gasteiger partial charge in [-0.1, -0.05) is 72.1 Å². The average molecular weight is 636 g/mol. The van der Waals surface area contributed by atoms with Gasteiger partial charge in [0.2, 0.25) is 6.43 Å². The zero-order valence-electron chi connectivity index (χ0n) is 27.7. The van der Waals surface area contributed by atoms with Crippen molar-refractivity contribution in [3.63, 3.8) is 0 Å². The zero-order valence-corrected chi connectivity index (χ0v) is 27.7. The molecule has 3 saturated carbocycles. The van der Waals surface area contributed by atoms with Gasteiger partial charge in [0.05, 0.1) is 18.1 Å². The van der Waals surface area contributed by atoms with Gasteiger partial charge in [0.15, 0.2) is 0 Å². The smallest absolute Gasteiger partial charge is 0.392 e. The molecule has 258 valence electrons. The number of nitrogens with zero attached hydrogens (tertiary/aromatic N) is 1. The number of alkyl halides is 5. The van der Waals surface area contributed by atoms with Crippen LogP contribution in [0.4, 0.5) is 22.0 Å². The fourth-order valence-electron chi connectivity index (χ4n) is 10.2. The maximum atomic E-state index is 14.4. The van der Waals surface area contributed by atoms with Crippen molar-refractivity contribution >= 4 is 0 Å². The first kappa shape index (κ1) is 36.4. The normalized spacial score (nSPS) is 38.8. The van der Waals surface area contributed by atoms with Crippen LogP contribution in [0.3, 0.4) is 0 Å². The number of hydrogen-bond acceptors (Lipinski definition) is 3. The van der Waals surface area contributed by atoms with E-state index in [4.69, 9.17) is 0 Å². The van der Waals surface area contributed by atoms with Gasteiger partial charge in [0.1, 0.15) is 0 Å². The molecular weight excluding hydrogens is 573 g/mol. The number of aliphatic hydroxyl groups excluding tert-OH is 2. The predicted molar refractivity (Wildman–Crippen MR) is 166 cm³/mol. The zero-order chi connectivity index (χ0) is 32.0. The molecule has 0 aromatic carbocycles. The van der Waals surface area contributed by atoms with E-state index >= 15 is 0 Å². The quantitative estimate of drug-likeness (QED) is 0.157. The van der Waals surface area contributed by atoms with Crippen LogP contribution in [0.25, 0.3) is 0 Å². The van der Waals surface area contributed by atoms with E-state index in [9.17, 15) is 32.2 Å². The maximum Gasteiger partial charge on any atom is 0.392 e. The minimum atomic E-state index is -4.20. The fourth-order valence-corrected chi connectivity index (χ4v) is 10.2. The summed E-state index contributed by atoms with van der Waals surface area (Å²) in [6.45, 7) is 8.25. The molecule has 1 aliphatic heterocycles. The summed E-state index contributed by atoms with van der Waals surface area (Å²) in [4.78, 5) is 2.10. The Balaban J connectivity index is 1.26. The second-order valence-corrected chi connectivity index (χ2v) is 15.8. The third kappa shape index (κ3) is 9.55. The average Bonchev–Trinajstić information content (AvgIpc) is 3.30. The summed E-state index contributed by atoms with van der Waals surface area (Å²) >= 11 is 0. The molecule has 1 saturated heterocycles. The summed E-state index contributed by atoms with van der Waals surface area (Å²) in [6.07, 6.45) is 5.57. The number of unbranched alkanes of at least 4 members (excludes halogenated alkanes) is 2. The molecule has 11 unspecified atom stereocenters. The Morgan fingerprint density at radius 3 is 2.20 bits per heavy atom. The van der Waals surface area contributed by atoms with Gasteiger partial charge in [-0.25, -0.2) is 8.78 Å². The van der Waals surface area contributed by atoms with Crippen LogP contribution >= 0.6 is 0 Å². The molecule has 4 fully saturated rings. The molecule has 44 heavy (non-hydrogen) atoms. The Bertz CT molecular complexity index is 834. The first-order valence-corrected chi connectivity index (χ1v) is 18.3. The van der Waals surface area contributed by atoms with Crippen LogP contribution in [0.1, 0.15) is 124 Å². The molecule has 3 nitrogen and oxygen atoms in total. The molecule has 0 aromatic heterocycles. The lowest BCUT2D eigenvalue weighted by molar-refractivity contribution is -0.203. The highest BCUT2D eigenvalue weighted by Gasteiger charge is 2.51. The van der Waals surface area contributed by atoms with Crippen LogP contribution in [-0.2, 0) is 0 Å². The van der Waals surface area contributed by atoms with Gasteiger partial charge < -0.3 is 15.1 Å². The van der Waals surface area contributed by atoms with Crippen molar-refractivity contribution in [1.29, 1.82) is 0 Å². The van der Waals surface area contributed by atoms with Crippen LogP contribution in [0, 0.1) is 59.2 Å². The van der Waals surface area contributed by atoms with Crippen molar-refractivity contribution in [2.45, 2.75) is 148 Å². The molecular formula is C36H62F5NO2. The van der Waals surface area contributed by atoms with Crippen LogP contribution < -0.4 is 0 Å². The van der Waals surface area contributed by atoms with E-state index < -0.39 is 30.5 Å². The van der Waals surface area contributed by atoms with Gasteiger partial charge in [0.25, 0.3) is 0 Å². The lowest BCUT2D eigenvalue weighted by atomic mass is 9.65. The summed E-state index contributed by atoms with van der Waals surface area (Å²) in [6, 6.07) is 0. The van der Waals surface area contributed by atoms with E-state index in [2.05, 4.69) is 18.7 Å².